The van der Waals surface area contributed by atoms with Crippen molar-refractivity contribution in [2.45, 2.75) is 18.8 Å². The maximum atomic E-state index is 11.5. The van der Waals surface area contributed by atoms with Crippen molar-refractivity contribution in [3.05, 3.63) is 35.9 Å². The number of benzene rings is 1. The Labute approximate surface area is 132 Å². The molecule has 0 aliphatic rings. The highest BCUT2D eigenvalue weighted by Gasteiger charge is 2.26. The number of hydrogen-bond donors (Lipinski definition) is 4. The number of rotatable bonds is 8. The van der Waals surface area contributed by atoms with Crippen molar-refractivity contribution >= 4 is 18.0 Å². The second-order valence-electron chi connectivity index (χ2n) is 4.46. The lowest BCUT2D eigenvalue weighted by molar-refractivity contribution is -0.169. The molecule has 1 aromatic rings. The molecule has 0 unspecified atom stereocenters. The number of nitrogens with one attached hydrogen (secondary N) is 1. The topological polar surface area (TPSA) is 148 Å². The summed E-state index contributed by atoms with van der Waals surface area (Å²) in [5, 5.41) is 20.2. The number of alkyl carbamates (subject to hydrolysis) is 1. The normalized spacial score (nSPS) is 12.8. The maximum absolute atomic E-state index is 11.5. The van der Waals surface area contributed by atoms with Crippen molar-refractivity contribution in [2.24, 2.45) is 5.73 Å². The zero-order valence-electron chi connectivity index (χ0n) is 12.2. The molecule has 23 heavy (non-hydrogen) atoms. The molecular weight excluding hydrogens is 308 g/mol. The zero-order chi connectivity index (χ0) is 17.2. The molecule has 5 N–H and O–H groups in total. The predicted octanol–water partition coefficient (Wildman–Crippen LogP) is -0.771. The summed E-state index contributed by atoms with van der Waals surface area (Å²) >= 11 is 0. The molecular formula is C14H18N2O7. The first-order valence-electron chi connectivity index (χ1n) is 6.70. The number of carboxylic acids is 1. The molecule has 0 aliphatic heterocycles. The number of aliphatic carboxylic acids is 1. The maximum Gasteiger partial charge on any atom is 0.407 e. The highest BCUT2D eigenvalue weighted by atomic mass is 16.6. The Hall–Kier alpha value is -2.65. The molecule has 0 saturated heterocycles. The summed E-state index contributed by atoms with van der Waals surface area (Å²) in [6.45, 7) is -0.903. The fraction of sp³-hybridized carbons (Fsp3) is 0.357. The number of carboxylic acid groups (broad SMARTS) is 1. The van der Waals surface area contributed by atoms with E-state index in [-0.39, 0.29) is 6.61 Å². The van der Waals surface area contributed by atoms with Gasteiger partial charge in [-0.3, -0.25) is 0 Å². The van der Waals surface area contributed by atoms with Crippen LogP contribution in [0.1, 0.15) is 5.56 Å². The Morgan fingerprint density at radius 1 is 1.22 bits per heavy atom. The fourth-order valence-electron chi connectivity index (χ4n) is 1.44. The minimum absolute atomic E-state index is 0.0100. The number of amides is 1. The SMILES string of the molecule is NC[C@H](O)C(=O)O[C@@H](CNC(=O)OCc1ccccc1)C(=O)O. The van der Waals surface area contributed by atoms with Gasteiger partial charge < -0.3 is 30.7 Å². The van der Waals surface area contributed by atoms with Gasteiger partial charge in [0.2, 0.25) is 6.10 Å². The summed E-state index contributed by atoms with van der Waals surface area (Å²) in [7, 11) is 0. The molecule has 2 atom stereocenters. The van der Waals surface area contributed by atoms with Crippen molar-refractivity contribution in [2.75, 3.05) is 13.1 Å². The van der Waals surface area contributed by atoms with Gasteiger partial charge in [0.25, 0.3) is 0 Å². The lowest BCUT2D eigenvalue weighted by atomic mass is 10.2. The molecule has 9 heteroatoms. The third-order valence-corrected chi connectivity index (χ3v) is 2.67. The first-order chi connectivity index (χ1) is 10.9. The van der Waals surface area contributed by atoms with Crippen LogP contribution < -0.4 is 11.1 Å². The largest absolute Gasteiger partial charge is 0.478 e. The molecule has 0 spiro atoms. The third-order valence-electron chi connectivity index (χ3n) is 2.67. The highest BCUT2D eigenvalue weighted by molar-refractivity contribution is 5.81. The lowest BCUT2D eigenvalue weighted by Gasteiger charge is -2.16. The molecule has 0 aromatic heterocycles. The Morgan fingerprint density at radius 2 is 1.87 bits per heavy atom. The van der Waals surface area contributed by atoms with Gasteiger partial charge in [0.1, 0.15) is 6.61 Å². The summed E-state index contributed by atoms with van der Waals surface area (Å²) < 4.78 is 9.42. The van der Waals surface area contributed by atoms with E-state index in [0.29, 0.717) is 0 Å². The molecule has 126 valence electrons. The van der Waals surface area contributed by atoms with E-state index >= 15 is 0 Å². The van der Waals surface area contributed by atoms with Crippen LogP contribution >= 0.6 is 0 Å². The number of carbonyl (C=O) groups is 3. The van der Waals surface area contributed by atoms with Gasteiger partial charge in [0, 0.05) is 6.54 Å². The number of hydrogen-bond acceptors (Lipinski definition) is 7. The molecule has 0 heterocycles. The minimum atomic E-state index is -1.66. The van der Waals surface area contributed by atoms with E-state index in [1.165, 1.54) is 0 Å². The van der Waals surface area contributed by atoms with Crippen LogP contribution in [0.15, 0.2) is 30.3 Å². The number of aliphatic hydroxyl groups is 1. The van der Waals surface area contributed by atoms with Crippen LogP contribution in [0.4, 0.5) is 4.79 Å². The second kappa shape index (κ2) is 9.38. The first-order valence-corrected chi connectivity index (χ1v) is 6.70. The predicted molar refractivity (Wildman–Crippen MR) is 77.2 cm³/mol. The van der Waals surface area contributed by atoms with E-state index in [4.69, 9.17) is 20.7 Å². The Bertz CT molecular complexity index is 535. The van der Waals surface area contributed by atoms with Crippen molar-refractivity contribution in [3.8, 4) is 0 Å². The highest BCUT2D eigenvalue weighted by Crippen LogP contribution is 2.01. The molecule has 1 rings (SSSR count). The number of aliphatic hydroxyl groups excluding tert-OH is 1. The van der Waals surface area contributed by atoms with Crippen molar-refractivity contribution in [1.29, 1.82) is 0 Å². The summed E-state index contributed by atoms with van der Waals surface area (Å²) in [5.41, 5.74) is 5.81. The van der Waals surface area contributed by atoms with Crippen molar-refractivity contribution in [1.82, 2.24) is 5.32 Å². The average Bonchev–Trinajstić information content (AvgIpc) is 2.56. The van der Waals surface area contributed by atoms with Gasteiger partial charge in [-0.15, -0.1) is 0 Å². The van der Waals surface area contributed by atoms with Crippen molar-refractivity contribution < 1.29 is 34.1 Å². The molecule has 0 fully saturated rings. The van der Waals surface area contributed by atoms with Crippen LogP contribution in [0.5, 0.6) is 0 Å². The number of esters is 1. The van der Waals surface area contributed by atoms with Crippen LogP contribution in [-0.2, 0) is 25.7 Å². The van der Waals surface area contributed by atoms with Gasteiger partial charge in [0.05, 0.1) is 6.54 Å². The summed E-state index contributed by atoms with van der Waals surface area (Å²) in [4.78, 5) is 33.7. The molecule has 1 aromatic carbocycles. The Kier molecular flexibility index (Phi) is 7.51. The second-order valence-corrected chi connectivity index (χ2v) is 4.46. The fourth-order valence-corrected chi connectivity index (χ4v) is 1.44. The van der Waals surface area contributed by atoms with Crippen LogP contribution in [0.3, 0.4) is 0 Å². The number of ether oxygens (including phenoxy) is 2. The van der Waals surface area contributed by atoms with Gasteiger partial charge in [-0.05, 0) is 5.56 Å². The third kappa shape index (κ3) is 6.76. The molecule has 0 bridgehead atoms. The lowest BCUT2D eigenvalue weighted by Crippen LogP contribution is -2.43. The van der Waals surface area contributed by atoms with Crippen LogP contribution in [0.25, 0.3) is 0 Å². The average molecular weight is 326 g/mol. The van der Waals surface area contributed by atoms with E-state index in [1.54, 1.807) is 24.3 Å². The quantitative estimate of drug-likeness (QED) is 0.455. The van der Waals surface area contributed by atoms with E-state index in [0.717, 1.165) is 5.56 Å². The summed E-state index contributed by atoms with van der Waals surface area (Å²) in [6.07, 6.45) is -4.15. The van der Waals surface area contributed by atoms with E-state index in [9.17, 15) is 14.4 Å². The van der Waals surface area contributed by atoms with Gasteiger partial charge in [-0.1, -0.05) is 30.3 Å². The van der Waals surface area contributed by atoms with E-state index < -0.39 is 43.3 Å². The molecule has 1 amide bonds. The number of nitrogens with two attached hydrogens (primary N) is 1. The van der Waals surface area contributed by atoms with Crippen LogP contribution in [0, 0.1) is 0 Å². The molecule has 0 radical (unpaired) electrons. The minimum Gasteiger partial charge on any atom is -0.478 e. The van der Waals surface area contributed by atoms with Crippen molar-refractivity contribution in [3.63, 3.8) is 0 Å². The molecule has 9 nitrogen and oxygen atoms in total. The summed E-state index contributed by atoms with van der Waals surface area (Å²) in [5.74, 6) is -2.66. The van der Waals surface area contributed by atoms with Crippen LogP contribution in [-0.4, -0.2) is 53.5 Å². The zero-order valence-corrected chi connectivity index (χ0v) is 12.2. The smallest absolute Gasteiger partial charge is 0.407 e. The Morgan fingerprint density at radius 3 is 2.43 bits per heavy atom. The Balaban J connectivity index is 2.41. The molecule has 0 saturated carbocycles. The van der Waals surface area contributed by atoms with Crippen LogP contribution in [0.2, 0.25) is 0 Å². The van der Waals surface area contributed by atoms with Gasteiger partial charge in [-0.25, -0.2) is 14.4 Å². The molecule has 0 aliphatic carbocycles. The van der Waals surface area contributed by atoms with E-state index in [1.807, 2.05) is 6.07 Å². The van der Waals surface area contributed by atoms with Gasteiger partial charge in [-0.2, -0.15) is 0 Å². The first kappa shape index (κ1) is 18.4. The standard InChI is InChI=1S/C14H18N2O7/c15-6-10(17)13(20)23-11(12(18)19)7-16-14(21)22-8-9-4-2-1-3-5-9/h1-5,10-11,17H,6-8,15H2,(H,16,21)(H,18,19)/t10-,11-/m0/s1. The van der Waals surface area contributed by atoms with E-state index in [2.05, 4.69) is 10.1 Å². The van der Waals surface area contributed by atoms with Gasteiger partial charge >= 0.3 is 18.0 Å². The number of carbonyl (C=O) groups excluding carboxylic acids is 2. The monoisotopic (exact) mass is 326 g/mol. The summed E-state index contributed by atoms with van der Waals surface area (Å²) in [6, 6.07) is 8.87. The van der Waals surface area contributed by atoms with Gasteiger partial charge in [0.15, 0.2) is 6.10 Å².